The number of aromatic nitrogens is 2. The fourth-order valence-corrected chi connectivity index (χ4v) is 3.10. The lowest BCUT2D eigenvalue weighted by Gasteiger charge is -2.19. The summed E-state index contributed by atoms with van der Waals surface area (Å²) in [5, 5.41) is 22.8. The van der Waals surface area contributed by atoms with Gasteiger partial charge in [0.15, 0.2) is 0 Å². The summed E-state index contributed by atoms with van der Waals surface area (Å²) in [6.45, 7) is 1.02. The quantitative estimate of drug-likeness (QED) is 0.548. The maximum Gasteiger partial charge on any atom is 0.150 e. The molecule has 1 aliphatic heterocycles. The molecule has 1 fully saturated rings. The van der Waals surface area contributed by atoms with Crippen LogP contribution in [0.4, 0.5) is 21.6 Å². The van der Waals surface area contributed by atoms with Gasteiger partial charge < -0.3 is 14.8 Å². The van der Waals surface area contributed by atoms with Crippen LogP contribution < -0.4 is 15.3 Å². The van der Waals surface area contributed by atoms with Crippen LogP contribution >= 0.6 is 11.6 Å². The zero-order chi connectivity index (χ0) is 19.7. The van der Waals surface area contributed by atoms with Crippen molar-refractivity contribution in [3.05, 3.63) is 47.5 Å². The van der Waals surface area contributed by atoms with Crippen molar-refractivity contribution in [3.63, 3.8) is 0 Å². The van der Waals surface area contributed by atoms with Gasteiger partial charge in [-0.25, -0.2) is 14.4 Å². The molecule has 0 bridgehead atoms. The third-order valence-corrected chi connectivity index (χ3v) is 4.59. The van der Waals surface area contributed by atoms with Crippen molar-refractivity contribution in [1.29, 1.82) is 0 Å². The Bertz CT molecular complexity index is 1010. The Morgan fingerprint density at radius 2 is 2.11 bits per heavy atom. The van der Waals surface area contributed by atoms with E-state index in [4.69, 9.17) is 21.1 Å². The lowest BCUT2D eigenvalue weighted by Crippen LogP contribution is -2.19. The molecule has 10 heteroatoms. The molecule has 4 rings (SSSR count). The summed E-state index contributed by atoms with van der Waals surface area (Å²) in [6.07, 6.45) is 1.88. The van der Waals surface area contributed by atoms with Crippen molar-refractivity contribution in [2.45, 2.75) is 12.5 Å². The molecule has 0 radical (unpaired) electrons. The van der Waals surface area contributed by atoms with Gasteiger partial charge >= 0.3 is 0 Å². The first kappa shape index (κ1) is 18.6. The van der Waals surface area contributed by atoms with E-state index in [0.29, 0.717) is 42.0 Å². The SMILES string of the molecule is ON(O)c1cc2c(Nc3ccc(F)c(Cl)c3)ncnc2cc1O[C@H]1CCOC1. The normalized spacial score (nSPS) is 16.4. The van der Waals surface area contributed by atoms with Gasteiger partial charge in [-0.2, -0.15) is 0 Å². The van der Waals surface area contributed by atoms with Gasteiger partial charge in [-0.1, -0.05) is 11.6 Å². The van der Waals surface area contributed by atoms with Crippen LogP contribution in [-0.4, -0.2) is 39.7 Å². The molecule has 0 saturated carbocycles. The predicted octanol–water partition coefficient (Wildman–Crippen LogP) is 3.92. The molecule has 2 heterocycles. The van der Waals surface area contributed by atoms with Crippen LogP contribution in [0.3, 0.4) is 0 Å². The van der Waals surface area contributed by atoms with E-state index in [-0.39, 0.29) is 27.8 Å². The van der Waals surface area contributed by atoms with Crippen LogP contribution in [-0.2, 0) is 4.74 Å². The van der Waals surface area contributed by atoms with E-state index in [1.165, 1.54) is 30.6 Å². The second kappa shape index (κ2) is 7.72. The molecule has 1 atom stereocenters. The molecule has 2 aromatic carbocycles. The van der Waals surface area contributed by atoms with Crippen molar-refractivity contribution >= 4 is 39.7 Å². The molecule has 0 spiro atoms. The first-order valence-electron chi connectivity index (χ1n) is 8.44. The monoisotopic (exact) mass is 406 g/mol. The third kappa shape index (κ3) is 3.78. The number of anilines is 3. The number of ether oxygens (including phenoxy) is 2. The minimum Gasteiger partial charge on any atom is -0.485 e. The number of halogens is 2. The van der Waals surface area contributed by atoms with E-state index in [1.54, 1.807) is 6.07 Å². The highest BCUT2D eigenvalue weighted by Gasteiger charge is 2.21. The molecule has 1 aromatic heterocycles. The fraction of sp³-hybridized carbons (Fsp3) is 0.222. The smallest absolute Gasteiger partial charge is 0.150 e. The fourth-order valence-electron chi connectivity index (χ4n) is 2.92. The number of rotatable bonds is 5. The van der Waals surface area contributed by atoms with E-state index in [9.17, 15) is 14.8 Å². The van der Waals surface area contributed by atoms with Crippen LogP contribution in [0.5, 0.6) is 5.75 Å². The highest BCUT2D eigenvalue weighted by Crippen LogP contribution is 2.36. The summed E-state index contributed by atoms with van der Waals surface area (Å²) in [7, 11) is 0. The predicted molar refractivity (Wildman–Crippen MR) is 100 cm³/mol. The zero-order valence-corrected chi connectivity index (χ0v) is 15.2. The Kier molecular flexibility index (Phi) is 5.14. The second-order valence-electron chi connectivity index (χ2n) is 6.21. The number of nitrogens with one attached hydrogen (secondary N) is 1. The van der Waals surface area contributed by atoms with Crippen molar-refractivity contribution in [2.75, 3.05) is 23.8 Å². The summed E-state index contributed by atoms with van der Waals surface area (Å²) in [4.78, 5) is 8.41. The largest absolute Gasteiger partial charge is 0.485 e. The number of hydrogen-bond acceptors (Lipinski definition) is 8. The topological polar surface area (TPSA) is 100.0 Å². The Morgan fingerprint density at radius 3 is 2.82 bits per heavy atom. The van der Waals surface area contributed by atoms with Gasteiger partial charge in [0.1, 0.15) is 35.5 Å². The lowest BCUT2D eigenvalue weighted by atomic mass is 10.2. The molecule has 3 N–H and O–H groups in total. The Morgan fingerprint density at radius 1 is 1.25 bits per heavy atom. The first-order valence-corrected chi connectivity index (χ1v) is 8.82. The van der Waals surface area contributed by atoms with Crippen molar-refractivity contribution in [1.82, 2.24) is 9.97 Å². The molecule has 3 aromatic rings. The minimum absolute atomic E-state index is 0.0177. The van der Waals surface area contributed by atoms with Crippen LogP contribution in [0, 0.1) is 5.82 Å². The number of fused-ring (bicyclic) bond motifs is 1. The van der Waals surface area contributed by atoms with Crippen molar-refractivity contribution in [2.24, 2.45) is 0 Å². The molecule has 0 aliphatic carbocycles. The molecular weight excluding hydrogens is 391 g/mol. The van der Waals surface area contributed by atoms with Crippen molar-refractivity contribution < 1.29 is 24.3 Å². The standard InChI is InChI=1S/C18H16ClFN4O4/c19-13-5-10(1-2-14(13)20)23-18-12-6-16(24(25)26)17(7-15(12)21-9-22-18)28-11-3-4-27-8-11/h1-2,5-7,9,11,25-26H,3-4,8H2,(H,21,22,23)/t11-/m0/s1. The highest BCUT2D eigenvalue weighted by molar-refractivity contribution is 6.31. The second-order valence-corrected chi connectivity index (χ2v) is 6.61. The molecular formula is C18H16ClFN4O4. The van der Waals surface area contributed by atoms with Gasteiger partial charge in [-0.05, 0) is 24.3 Å². The van der Waals surface area contributed by atoms with Crippen LogP contribution in [0.15, 0.2) is 36.7 Å². The zero-order valence-electron chi connectivity index (χ0n) is 14.5. The summed E-state index contributed by atoms with van der Waals surface area (Å²) < 4.78 is 24.5. The average molecular weight is 407 g/mol. The number of hydrogen-bond donors (Lipinski definition) is 3. The van der Waals surface area contributed by atoms with E-state index in [1.807, 2.05) is 0 Å². The number of benzene rings is 2. The van der Waals surface area contributed by atoms with E-state index in [2.05, 4.69) is 15.3 Å². The Balaban J connectivity index is 1.73. The Hall–Kier alpha value is -2.72. The summed E-state index contributed by atoms with van der Waals surface area (Å²) in [5.74, 6) is 0.102. The third-order valence-electron chi connectivity index (χ3n) is 4.30. The van der Waals surface area contributed by atoms with Gasteiger partial charge in [-0.3, -0.25) is 10.4 Å². The van der Waals surface area contributed by atoms with Gasteiger partial charge in [0.2, 0.25) is 0 Å². The minimum atomic E-state index is -0.532. The van der Waals surface area contributed by atoms with Gasteiger partial charge in [-0.15, -0.1) is 5.23 Å². The van der Waals surface area contributed by atoms with Gasteiger partial charge in [0.05, 0.1) is 23.8 Å². The molecule has 1 aliphatic rings. The first-order chi connectivity index (χ1) is 13.5. The molecule has 0 unspecified atom stereocenters. The Labute approximate surface area is 164 Å². The van der Waals surface area contributed by atoms with Gasteiger partial charge in [0.25, 0.3) is 0 Å². The van der Waals surface area contributed by atoms with Crippen LogP contribution in [0.2, 0.25) is 5.02 Å². The molecule has 0 amide bonds. The van der Waals surface area contributed by atoms with E-state index < -0.39 is 5.82 Å². The van der Waals surface area contributed by atoms with Crippen LogP contribution in [0.1, 0.15) is 6.42 Å². The van der Waals surface area contributed by atoms with Crippen molar-refractivity contribution in [3.8, 4) is 5.75 Å². The highest BCUT2D eigenvalue weighted by atomic mass is 35.5. The van der Waals surface area contributed by atoms with E-state index in [0.717, 1.165) is 0 Å². The summed E-state index contributed by atoms with van der Waals surface area (Å²) >= 11 is 5.82. The lowest BCUT2D eigenvalue weighted by molar-refractivity contribution is 0.0266. The maximum absolute atomic E-state index is 13.4. The van der Waals surface area contributed by atoms with E-state index >= 15 is 0 Å². The summed E-state index contributed by atoms with van der Waals surface area (Å²) in [5.41, 5.74) is 1.06. The summed E-state index contributed by atoms with van der Waals surface area (Å²) in [6, 6.07) is 7.24. The number of nitrogens with zero attached hydrogens (tertiary/aromatic N) is 3. The molecule has 146 valence electrons. The molecule has 28 heavy (non-hydrogen) atoms. The van der Waals surface area contributed by atoms with Crippen LogP contribution in [0.25, 0.3) is 10.9 Å². The molecule has 8 nitrogen and oxygen atoms in total. The van der Waals surface area contributed by atoms with Gasteiger partial charge in [0, 0.05) is 23.6 Å². The molecule has 1 saturated heterocycles. The average Bonchev–Trinajstić information content (AvgIpc) is 3.17. The maximum atomic E-state index is 13.4.